The van der Waals surface area contributed by atoms with E-state index in [1.165, 1.54) is 0 Å². The number of hydrogen-bond acceptors (Lipinski definition) is 3. The number of H-pyrrole nitrogens is 1. The van der Waals surface area contributed by atoms with E-state index in [9.17, 15) is 18.0 Å². The van der Waals surface area contributed by atoms with Crippen molar-refractivity contribution in [3.05, 3.63) is 40.1 Å². The maximum absolute atomic E-state index is 13.1. The van der Waals surface area contributed by atoms with Gasteiger partial charge in [0.05, 0.1) is 5.56 Å². The topological polar surface area (TPSA) is 58.9 Å². The normalized spacial score (nSPS) is 10.6. The minimum Gasteiger partial charge on any atom is -0.388 e. The highest BCUT2D eigenvalue weighted by Crippen LogP contribution is 2.22. The van der Waals surface area contributed by atoms with Gasteiger partial charge in [-0.1, -0.05) is 0 Å². The fourth-order valence-corrected chi connectivity index (χ4v) is 1.04. The largest absolute Gasteiger partial charge is 0.434 e. The third kappa shape index (κ3) is 1.51. The molecule has 1 aromatic carbocycles. The quantitative estimate of drug-likeness (QED) is 0.734. The number of rotatable bonds is 1. The van der Waals surface area contributed by atoms with E-state index in [0.29, 0.717) is 6.07 Å². The lowest BCUT2D eigenvalue weighted by molar-refractivity contribution is 0.444. The van der Waals surface area contributed by atoms with Crippen LogP contribution in [0.5, 0.6) is 0 Å². The first kappa shape index (κ1) is 9.50. The molecule has 0 bridgehead atoms. The molecule has 2 aromatic rings. The second kappa shape index (κ2) is 3.26. The van der Waals surface area contributed by atoms with Crippen molar-refractivity contribution in [2.75, 3.05) is 0 Å². The standard InChI is InChI=1S/C8H3F3N2O2/c9-4-2-1-3(5(10)6(4)11)7-12-13-8(14)15-7/h1-2H,(H,13,14). The van der Waals surface area contributed by atoms with Crippen LogP contribution >= 0.6 is 0 Å². The first-order valence-electron chi connectivity index (χ1n) is 3.79. The van der Waals surface area contributed by atoms with Gasteiger partial charge in [0.15, 0.2) is 17.5 Å². The summed E-state index contributed by atoms with van der Waals surface area (Å²) >= 11 is 0. The predicted molar refractivity (Wildman–Crippen MR) is 42.4 cm³/mol. The third-order valence-corrected chi connectivity index (χ3v) is 1.70. The van der Waals surface area contributed by atoms with Gasteiger partial charge in [-0.2, -0.15) is 0 Å². The second-order valence-electron chi connectivity index (χ2n) is 2.64. The first-order valence-corrected chi connectivity index (χ1v) is 3.79. The molecule has 0 atom stereocenters. The molecular formula is C8H3F3N2O2. The summed E-state index contributed by atoms with van der Waals surface area (Å²) in [5, 5.41) is 5.16. The highest BCUT2D eigenvalue weighted by molar-refractivity contribution is 5.53. The van der Waals surface area contributed by atoms with Gasteiger partial charge < -0.3 is 4.42 Å². The van der Waals surface area contributed by atoms with Gasteiger partial charge in [-0.05, 0) is 12.1 Å². The van der Waals surface area contributed by atoms with E-state index in [2.05, 4.69) is 9.52 Å². The van der Waals surface area contributed by atoms with Crippen LogP contribution in [0, 0.1) is 17.5 Å². The Balaban J connectivity index is 2.64. The van der Waals surface area contributed by atoms with Crippen LogP contribution in [0.15, 0.2) is 21.3 Å². The Bertz CT molecular complexity index is 561. The van der Waals surface area contributed by atoms with Gasteiger partial charge in [0.2, 0.25) is 0 Å². The monoisotopic (exact) mass is 216 g/mol. The zero-order chi connectivity index (χ0) is 11.0. The highest BCUT2D eigenvalue weighted by atomic mass is 19.2. The summed E-state index contributed by atoms with van der Waals surface area (Å²) in [4.78, 5) is 10.6. The van der Waals surface area contributed by atoms with Crippen molar-refractivity contribution in [2.24, 2.45) is 0 Å². The van der Waals surface area contributed by atoms with Crippen molar-refractivity contribution in [1.82, 2.24) is 10.2 Å². The van der Waals surface area contributed by atoms with Crippen LogP contribution < -0.4 is 5.76 Å². The molecule has 0 aliphatic carbocycles. The van der Waals surface area contributed by atoms with Crippen LogP contribution in [0.3, 0.4) is 0 Å². The molecule has 7 heteroatoms. The Labute approximate surface area is 80.3 Å². The van der Waals surface area contributed by atoms with Crippen LogP contribution in [0.1, 0.15) is 0 Å². The smallest absolute Gasteiger partial charge is 0.388 e. The van der Waals surface area contributed by atoms with Crippen LogP contribution in [0.25, 0.3) is 11.5 Å². The summed E-state index contributed by atoms with van der Waals surface area (Å²) in [7, 11) is 0. The van der Waals surface area contributed by atoms with Crippen molar-refractivity contribution >= 4 is 0 Å². The number of hydrogen-bond donors (Lipinski definition) is 1. The number of nitrogens with zero attached hydrogens (tertiary/aromatic N) is 1. The minimum absolute atomic E-state index is 0.424. The van der Waals surface area contributed by atoms with Gasteiger partial charge in [0.1, 0.15) is 0 Å². The molecule has 0 saturated carbocycles. The Morgan fingerprint density at radius 3 is 2.53 bits per heavy atom. The molecule has 78 valence electrons. The molecule has 1 N–H and O–H groups in total. The summed E-state index contributed by atoms with van der Waals surface area (Å²) in [6.07, 6.45) is 0. The predicted octanol–water partition coefficient (Wildman–Crippen LogP) is 1.45. The molecule has 1 heterocycles. The molecular weight excluding hydrogens is 213 g/mol. The molecule has 0 spiro atoms. The highest BCUT2D eigenvalue weighted by Gasteiger charge is 2.17. The van der Waals surface area contributed by atoms with Crippen molar-refractivity contribution in [3.8, 4) is 11.5 Å². The minimum atomic E-state index is -1.64. The SMILES string of the molecule is O=c1[nH]nc(-c2ccc(F)c(F)c2F)o1. The zero-order valence-corrected chi connectivity index (χ0v) is 7.05. The number of benzene rings is 1. The van der Waals surface area contributed by atoms with Gasteiger partial charge in [0, 0.05) is 0 Å². The number of halogens is 3. The van der Waals surface area contributed by atoms with Crippen LogP contribution in [-0.4, -0.2) is 10.2 Å². The van der Waals surface area contributed by atoms with E-state index in [-0.39, 0.29) is 0 Å². The summed E-state index contributed by atoms with van der Waals surface area (Å²) in [5.41, 5.74) is -0.424. The van der Waals surface area contributed by atoms with Gasteiger partial charge >= 0.3 is 5.76 Å². The zero-order valence-electron chi connectivity index (χ0n) is 7.05. The van der Waals surface area contributed by atoms with Crippen molar-refractivity contribution < 1.29 is 17.6 Å². The fourth-order valence-electron chi connectivity index (χ4n) is 1.04. The molecule has 0 amide bonds. The van der Waals surface area contributed by atoms with Gasteiger partial charge in [0.25, 0.3) is 5.89 Å². The Morgan fingerprint density at radius 1 is 1.20 bits per heavy atom. The molecule has 0 aliphatic rings. The van der Waals surface area contributed by atoms with Crippen molar-refractivity contribution in [3.63, 3.8) is 0 Å². The number of nitrogens with one attached hydrogen (secondary N) is 1. The third-order valence-electron chi connectivity index (χ3n) is 1.70. The first-order chi connectivity index (χ1) is 7.09. The van der Waals surface area contributed by atoms with Crippen LogP contribution in [-0.2, 0) is 0 Å². The van der Waals surface area contributed by atoms with E-state index in [0.717, 1.165) is 6.07 Å². The van der Waals surface area contributed by atoms with E-state index in [4.69, 9.17) is 0 Å². The molecule has 15 heavy (non-hydrogen) atoms. The van der Waals surface area contributed by atoms with Gasteiger partial charge in [-0.25, -0.2) is 23.1 Å². The summed E-state index contributed by atoms with van der Waals surface area (Å²) in [5.74, 6) is -5.76. The molecule has 0 unspecified atom stereocenters. The summed E-state index contributed by atoms with van der Waals surface area (Å²) < 4.78 is 42.8. The van der Waals surface area contributed by atoms with E-state index < -0.39 is 34.7 Å². The van der Waals surface area contributed by atoms with Gasteiger partial charge in [-0.3, -0.25) is 0 Å². The lowest BCUT2D eigenvalue weighted by atomic mass is 10.2. The lowest BCUT2D eigenvalue weighted by Gasteiger charge is -1.98. The fraction of sp³-hybridized carbons (Fsp3) is 0. The molecule has 2 rings (SSSR count). The molecule has 4 nitrogen and oxygen atoms in total. The maximum atomic E-state index is 13.1. The van der Waals surface area contributed by atoms with Crippen LogP contribution in [0.4, 0.5) is 13.2 Å². The molecule has 0 saturated heterocycles. The van der Waals surface area contributed by atoms with Crippen molar-refractivity contribution in [1.29, 1.82) is 0 Å². The van der Waals surface area contributed by atoms with Crippen LogP contribution in [0.2, 0.25) is 0 Å². The maximum Gasteiger partial charge on any atom is 0.434 e. The summed E-state index contributed by atoms with van der Waals surface area (Å²) in [6, 6.07) is 1.63. The molecule has 0 aliphatic heterocycles. The van der Waals surface area contributed by atoms with E-state index >= 15 is 0 Å². The Hall–Kier alpha value is -2.05. The second-order valence-corrected chi connectivity index (χ2v) is 2.64. The Kier molecular flexibility index (Phi) is 2.07. The molecule has 0 radical (unpaired) electrons. The lowest BCUT2D eigenvalue weighted by Crippen LogP contribution is -1.94. The van der Waals surface area contributed by atoms with E-state index in [1.807, 2.05) is 5.10 Å². The molecule has 1 aromatic heterocycles. The average Bonchev–Trinajstić information content (AvgIpc) is 2.61. The van der Waals surface area contributed by atoms with Gasteiger partial charge in [-0.15, -0.1) is 5.10 Å². The van der Waals surface area contributed by atoms with Crippen molar-refractivity contribution in [2.45, 2.75) is 0 Å². The Morgan fingerprint density at radius 2 is 1.93 bits per heavy atom. The molecule has 0 fully saturated rings. The number of aromatic nitrogens is 2. The average molecular weight is 216 g/mol. The van der Waals surface area contributed by atoms with E-state index in [1.54, 1.807) is 0 Å². The number of aromatic amines is 1. The summed E-state index contributed by atoms with van der Waals surface area (Å²) in [6.45, 7) is 0.